The Morgan fingerprint density at radius 1 is 1.00 bits per heavy atom. The number of para-hydroxylation sites is 1. The Bertz CT molecular complexity index is 558. The van der Waals surface area contributed by atoms with Gasteiger partial charge >= 0.3 is 0 Å². The van der Waals surface area contributed by atoms with E-state index in [1.54, 1.807) is 0 Å². The number of hydrogen-bond donors (Lipinski definition) is 2. The number of anilines is 1. The number of carbonyl (C=O) groups excluding carboxylic acids is 1. The van der Waals surface area contributed by atoms with Crippen molar-refractivity contribution in [3.63, 3.8) is 0 Å². The van der Waals surface area contributed by atoms with Gasteiger partial charge < -0.3 is 15.3 Å². The Kier molecular flexibility index (Phi) is 6.45. The summed E-state index contributed by atoms with van der Waals surface area (Å²) in [4.78, 5) is 13.9. The average Bonchev–Trinajstić information content (AvgIpc) is 2.56. The van der Waals surface area contributed by atoms with E-state index in [4.69, 9.17) is 5.11 Å². The van der Waals surface area contributed by atoms with Crippen molar-refractivity contribution in [2.45, 2.75) is 6.42 Å². The van der Waals surface area contributed by atoms with Gasteiger partial charge in [0.1, 0.15) is 0 Å². The molecule has 4 heteroatoms. The van der Waals surface area contributed by atoms with E-state index in [1.165, 1.54) is 5.56 Å². The monoisotopic (exact) mass is 298 g/mol. The van der Waals surface area contributed by atoms with Crippen LogP contribution in [0.25, 0.3) is 0 Å². The Morgan fingerprint density at radius 3 is 2.27 bits per heavy atom. The van der Waals surface area contributed by atoms with Crippen molar-refractivity contribution in [1.29, 1.82) is 0 Å². The SMILES string of the molecule is O=C(CN(CCO)c1ccccc1)NCCc1ccccc1. The van der Waals surface area contributed by atoms with E-state index in [0.29, 0.717) is 13.1 Å². The third kappa shape index (κ3) is 5.22. The van der Waals surface area contributed by atoms with Crippen LogP contribution in [-0.2, 0) is 11.2 Å². The van der Waals surface area contributed by atoms with Crippen molar-refractivity contribution in [1.82, 2.24) is 5.32 Å². The van der Waals surface area contributed by atoms with Crippen LogP contribution in [0.4, 0.5) is 5.69 Å². The molecule has 2 rings (SSSR count). The highest BCUT2D eigenvalue weighted by molar-refractivity contribution is 5.81. The minimum absolute atomic E-state index is 0.0200. The molecule has 0 aliphatic heterocycles. The zero-order valence-electron chi connectivity index (χ0n) is 12.6. The maximum Gasteiger partial charge on any atom is 0.239 e. The maximum atomic E-state index is 12.1. The highest BCUT2D eigenvalue weighted by Crippen LogP contribution is 2.12. The number of rotatable bonds is 8. The van der Waals surface area contributed by atoms with Crippen molar-refractivity contribution in [2.24, 2.45) is 0 Å². The molecule has 0 spiro atoms. The molecular weight excluding hydrogens is 276 g/mol. The molecule has 0 radical (unpaired) electrons. The Hall–Kier alpha value is -2.33. The summed E-state index contributed by atoms with van der Waals surface area (Å²) < 4.78 is 0. The summed E-state index contributed by atoms with van der Waals surface area (Å²) >= 11 is 0. The number of aliphatic hydroxyl groups excluding tert-OH is 1. The molecule has 0 aliphatic rings. The summed E-state index contributed by atoms with van der Waals surface area (Å²) in [5.41, 5.74) is 2.15. The predicted octanol–water partition coefficient (Wildman–Crippen LogP) is 1.84. The Balaban J connectivity index is 1.81. The summed E-state index contributed by atoms with van der Waals surface area (Å²) in [6.07, 6.45) is 0.817. The number of aliphatic hydroxyl groups is 1. The summed E-state index contributed by atoms with van der Waals surface area (Å²) in [7, 11) is 0. The molecule has 2 aromatic rings. The zero-order valence-corrected chi connectivity index (χ0v) is 12.6. The lowest BCUT2D eigenvalue weighted by atomic mass is 10.1. The molecule has 0 saturated heterocycles. The van der Waals surface area contributed by atoms with Crippen molar-refractivity contribution < 1.29 is 9.90 Å². The van der Waals surface area contributed by atoms with E-state index in [1.807, 2.05) is 65.6 Å². The lowest BCUT2D eigenvalue weighted by Gasteiger charge is -2.23. The molecule has 2 N–H and O–H groups in total. The minimum atomic E-state index is -0.0340. The van der Waals surface area contributed by atoms with Gasteiger partial charge in [0.25, 0.3) is 0 Å². The van der Waals surface area contributed by atoms with Gasteiger partial charge in [-0.3, -0.25) is 4.79 Å². The number of nitrogens with one attached hydrogen (secondary N) is 1. The summed E-state index contributed by atoms with van der Waals surface area (Å²) in [5, 5.41) is 12.1. The van der Waals surface area contributed by atoms with Gasteiger partial charge in [-0.15, -0.1) is 0 Å². The topological polar surface area (TPSA) is 52.6 Å². The van der Waals surface area contributed by atoms with E-state index in [0.717, 1.165) is 12.1 Å². The molecule has 2 aromatic carbocycles. The first-order chi connectivity index (χ1) is 10.8. The van der Waals surface area contributed by atoms with Crippen LogP contribution in [0.5, 0.6) is 0 Å². The third-order valence-electron chi connectivity index (χ3n) is 3.40. The quantitative estimate of drug-likeness (QED) is 0.782. The fraction of sp³-hybridized carbons (Fsp3) is 0.278. The maximum absolute atomic E-state index is 12.1. The highest BCUT2D eigenvalue weighted by atomic mass is 16.3. The molecular formula is C18H22N2O2. The number of benzene rings is 2. The fourth-order valence-electron chi connectivity index (χ4n) is 2.28. The van der Waals surface area contributed by atoms with Gasteiger partial charge in [-0.2, -0.15) is 0 Å². The van der Waals surface area contributed by atoms with Gasteiger partial charge in [-0.25, -0.2) is 0 Å². The van der Waals surface area contributed by atoms with Crippen LogP contribution in [-0.4, -0.2) is 37.3 Å². The molecule has 0 bridgehead atoms. The van der Waals surface area contributed by atoms with Gasteiger partial charge in [0.15, 0.2) is 0 Å². The fourth-order valence-corrected chi connectivity index (χ4v) is 2.28. The second kappa shape index (κ2) is 8.85. The third-order valence-corrected chi connectivity index (χ3v) is 3.40. The van der Waals surface area contributed by atoms with E-state index < -0.39 is 0 Å². The average molecular weight is 298 g/mol. The zero-order chi connectivity index (χ0) is 15.6. The number of amides is 1. The lowest BCUT2D eigenvalue weighted by Crippen LogP contribution is -2.39. The normalized spacial score (nSPS) is 10.2. The van der Waals surface area contributed by atoms with Gasteiger partial charge in [-0.1, -0.05) is 48.5 Å². The van der Waals surface area contributed by atoms with Crippen molar-refractivity contribution >= 4 is 11.6 Å². The van der Waals surface area contributed by atoms with Crippen LogP contribution in [0.2, 0.25) is 0 Å². The molecule has 0 saturated carbocycles. The molecule has 0 aromatic heterocycles. The second-order valence-corrected chi connectivity index (χ2v) is 5.07. The Morgan fingerprint density at radius 2 is 1.64 bits per heavy atom. The lowest BCUT2D eigenvalue weighted by molar-refractivity contribution is -0.119. The van der Waals surface area contributed by atoms with E-state index in [2.05, 4.69) is 5.32 Å². The van der Waals surface area contributed by atoms with E-state index >= 15 is 0 Å². The summed E-state index contributed by atoms with van der Waals surface area (Å²) in [5.74, 6) is -0.0340. The van der Waals surface area contributed by atoms with Gasteiger partial charge in [0.05, 0.1) is 13.2 Å². The van der Waals surface area contributed by atoms with Crippen molar-refractivity contribution in [3.05, 3.63) is 66.2 Å². The van der Waals surface area contributed by atoms with Crippen LogP contribution in [0.1, 0.15) is 5.56 Å². The molecule has 1 amide bonds. The first-order valence-electron chi connectivity index (χ1n) is 7.51. The second-order valence-electron chi connectivity index (χ2n) is 5.07. The number of hydrogen-bond acceptors (Lipinski definition) is 3. The van der Waals surface area contributed by atoms with E-state index in [-0.39, 0.29) is 19.1 Å². The molecule has 4 nitrogen and oxygen atoms in total. The smallest absolute Gasteiger partial charge is 0.239 e. The largest absolute Gasteiger partial charge is 0.395 e. The van der Waals surface area contributed by atoms with E-state index in [9.17, 15) is 4.79 Å². The predicted molar refractivity (Wildman–Crippen MR) is 88.9 cm³/mol. The summed E-state index contributed by atoms with van der Waals surface area (Å²) in [6, 6.07) is 19.7. The molecule has 116 valence electrons. The number of nitrogens with zero attached hydrogens (tertiary/aromatic N) is 1. The minimum Gasteiger partial charge on any atom is -0.395 e. The first kappa shape index (κ1) is 16.0. The summed E-state index contributed by atoms with van der Waals surface area (Å²) in [6.45, 7) is 1.33. The standard InChI is InChI=1S/C18H22N2O2/c21-14-13-20(17-9-5-2-6-10-17)15-18(22)19-12-11-16-7-3-1-4-8-16/h1-10,21H,11-15H2,(H,19,22). The number of carbonyl (C=O) groups is 1. The van der Waals surface area contributed by atoms with Crippen molar-refractivity contribution in [3.8, 4) is 0 Å². The van der Waals surface area contributed by atoms with Gasteiger partial charge in [-0.05, 0) is 24.1 Å². The van der Waals surface area contributed by atoms with Crippen LogP contribution in [0.15, 0.2) is 60.7 Å². The Labute approximate surface area is 131 Å². The van der Waals surface area contributed by atoms with Crippen LogP contribution >= 0.6 is 0 Å². The molecule has 0 unspecified atom stereocenters. The van der Waals surface area contributed by atoms with Crippen LogP contribution in [0.3, 0.4) is 0 Å². The van der Waals surface area contributed by atoms with Crippen molar-refractivity contribution in [2.75, 3.05) is 31.1 Å². The van der Waals surface area contributed by atoms with Gasteiger partial charge in [0.2, 0.25) is 5.91 Å². The highest BCUT2D eigenvalue weighted by Gasteiger charge is 2.10. The molecule has 0 aliphatic carbocycles. The van der Waals surface area contributed by atoms with Crippen LogP contribution < -0.4 is 10.2 Å². The molecule has 0 heterocycles. The molecule has 0 fully saturated rings. The first-order valence-corrected chi connectivity index (χ1v) is 7.51. The van der Waals surface area contributed by atoms with Crippen LogP contribution in [0, 0.1) is 0 Å². The molecule has 22 heavy (non-hydrogen) atoms. The van der Waals surface area contributed by atoms with Gasteiger partial charge in [0, 0.05) is 18.8 Å². The molecule has 0 atom stereocenters.